The maximum absolute atomic E-state index is 11.8. The van der Waals surface area contributed by atoms with Gasteiger partial charge in [0.25, 0.3) is 0 Å². The smallest absolute Gasteiger partial charge is 0.319 e. The highest BCUT2D eigenvalue weighted by molar-refractivity contribution is 6.31. The Morgan fingerprint density at radius 2 is 2.11 bits per heavy atom. The molecule has 0 atom stereocenters. The molecule has 98 valence electrons. The average Bonchev–Trinajstić information content (AvgIpc) is 2.35. The van der Waals surface area contributed by atoms with Gasteiger partial charge >= 0.3 is 6.03 Å². The quantitative estimate of drug-likeness (QED) is 0.771. The van der Waals surface area contributed by atoms with E-state index in [0.29, 0.717) is 5.02 Å². The Kier molecular flexibility index (Phi) is 4.44. The van der Waals surface area contributed by atoms with Gasteiger partial charge in [0.05, 0.1) is 0 Å². The van der Waals surface area contributed by atoms with Crippen molar-refractivity contribution in [1.29, 1.82) is 0 Å². The molecule has 2 amide bonds. The van der Waals surface area contributed by atoms with Crippen molar-refractivity contribution in [3.05, 3.63) is 28.8 Å². The van der Waals surface area contributed by atoms with Crippen LogP contribution in [0.2, 0.25) is 5.02 Å². The van der Waals surface area contributed by atoms with Crippen molar-refractivity contribution in [2.75, 3.05) is 18.4 Å². The molecule has 4 nitrogen and oxygen atoms in total. The minimum absolute atomic E-state index is 0.165. The summed E-state index contributed by atoms with van der Waals surface area (Å²) in [4.78, 5) is 11.8. The number of amides is 2. The first-order valence-corrected chi connectivity index (χ1v) is 6.57. The van der Waals surface area contributed by atoms with Crippen molar-refractivity contribution >= 4 is 23.3 Å². The Morgan fingerprint density at radius 3 is 2.78 bits per heavy atom. The Balaban J connectivity index is 1.88. The lowest BCUT2D eigenvalue weighted by Crippen LogP contribution is -2.44. The molecule has 0 unspecified atom stereocenters. The van der Waals surface area contributed by atoms with Crippen LogP contribution in [-0.2, 0) is 0 Å². The number of rotatable bonds is 2. The molecule has 0 aliphatic carbocycles. The lowest BCUT2D eigenvalue weighted by Gasteiger charge is -2.23. The number of nitrogens with one attached hydrogen (secondary N) is 3. The summed E-state index contributed by atoms with van der Waals surface area (Å²) < 4.78 is 0. The summed E-state index contributed by atoms with van der Waals surface area (Å²) in [6.45, 7) is 3.85. The molecule has 0 saturated carbocycles. The number of carbonyl (C=O) groups is 1. The molecule has 0 spiro atoms. The fourth-order valence-electron chi connectivity index (χ4n) is 1.99. The van der Waals surface area contributed by atoms with Gasteiger partial charge in [-0.2, -0.15) is 0 Å². The number of anilines is 1. The molecule has 3 N–H and O–H groups in total. The van der Waals surface area contributed by atoms with Gasteiger partial charge in [-0.1, -0.05) is 17.7 Å². The van der Waals surface area contributed by atoms with E-state index in [4.69, 9.17) is 11.6 Å². The second kappa shape index (κ2) is 6.07. The first-order chi connectivity index (χ1) is 8.65. The van der Waals surface area contributed by atoms with Crippen LogP contribution in [0, 0.1) is 6.92 Å². The Bertz CT molecular complexity index is 430. The molecular formula is C13H18ClN3O. The van der Waals surface area contributed by atoms with Crippen LogP contribution in [0.3, 0.4) is 0 Å². The van der Waals surface area contributed by atoms with Crippen LogP contribution in [0.4, 0.5) is 10.5 Å². The summed E-state index contributed by atoms with van der Waals surface area (Å²) in [5.74, 6) is 0. The van der Waals surface area contributed by atoms with Gasteiger partial charge in [-0.05, 0) is 50.6 Å². The van der Waals surface area contributed by atoms with Crippen LogP contribution >= 0.6 is 11.6 Å². The van der Waals surface area contributed by atoms with Gasteiger partial charge < -0.3 is 16.0 Å². The van der Waals surface area contributed by atoms with Crippen molar-refractivity contribution in [2.45, 2.75) is 25.8 Å². The van der Waals surface area contributed by atoms with Crippen molar-refractivity contribution in [3.8, 4) is 0 Å². The van der Waals surface area contributed by atoms with Gasteiger partial charge in [-0.3, -0.25) is 0 Å². The third-order valence-corrected chi connectivity index (χ3v) is 3.51. The zero-order chi connectivity index (χ0) is 13.0. The summed E-state index contributed by atoms with van der Waals surface area (Å²) in [6, 6.07) is 5.60. The van der Waals surface area contributed by atoms with E-state index >= 15 is 0 Å². The van der Waals surface area contributed by atoms with Crippen molar-refractivity contribution < 1.29 is 4.79 Å². The van der Waals surface area contributed by atoms with E-state index in [0.717, 1.165) is 37.2 Å². The van der Waals surface area contributed by atoms with Crippen LogP contribution in [0.1, 0.15) is 18.4 Å². The SMILES string of the molecule is Cc1ccc(NC(=O)NC2CCNCC2)cc1Cl. The number of piperidine rings is 1. The van der Waals surface area contributed by atoms with Gasteiger partial charge in [-0.25, -0.2) is 4.79 Å². The van der Waals surface area contributed by atoms with Gasteiger partial charge in [-0.15, -0.1) is 0 Å². The maximum atomic E-state index is 11.8. The van der Waals surface area contributed by atoms with Crippen LogP contribution in [0.15, 0.2) is 18.2 Å². The highest BCUT2D eigenvalue weighted by atomic mass is 35.5. The Labute approximate surface area is 112 Å². The molecule has 1 saturated heterocycles. The predicted molar refractivity (Wildman–Crippen MR) is 74.2 cm³/mol. The largest absolute Gasteiger partial charge is 0.335 e. The molecule has 0 radical (unpaired) electrons. The number of halogens is 1. The second-order valence-corrected chi connectivity index (χ2v) is 4.99. The molecule has 1 heterocycles. The lowest BCUT2D eigenvalue weighted by atomic mass is 10.1. The normalized spacial score (nSPS) is 16.3. The number of hydrogen-bond acceptors (Lipinski definition) is 2. The third kappa shape index (κ3) is 3.62. The molecule has 1 fully saturated rings. The van der Waals surface area contributed by atoms with Crippen molar-refractivity contribution in [2.24, 2.45) is 0 Å². The maximum Gasteiger partial charge on any atom is 0.319 e. The summed E-state index contributed by atoms with van der Waals surface area (Å²) in [5.41, 5.74) is 1.72. The lowest BCUT2D eigenvalue weighted by molar-refractivity contribution is 0.245. The molecule has 1 aromatic carbocycles. The van der Waals surface area contributed by atoms with Crippen LogP contribution in [0.25, 0.3) is 0 Å². The molecule has 5 heteroatoms. The number of urea groups is 1. The average molecular weight is 268 g/mol. The number of benzene rings is 1. The summed E-state index contributed by atoms with van der Waals surface area (Å²) in [7, 11) is 0. The summed E-state index contributed by atoms with van der Waals surface area (Å²) in [6.07, 6.45) is 1.95. The van der Waals surface area contributed by atoms with E-state index in [1.54, 1.807) is 6.07 Å². The highest BCUT2D eigenvalue weighted by Gasteiger charge is 2.15. The fourth-order valence-corrected chi connectivity index (χ4v) is 2.17. The molecule has 18 heavy (non-hydrogen) atoms. The van der Waals surface area contributed by atoms with E-state index in [2.05, 4.69) is 16.0 Å². The highest BCUT2D eigenvalue weighted by Crippen LogP contribution is 2.19. The number of aryl methyl sites for hydroxylation is 1. The molecule has 2 rings (SSSR count). The molecular weight excluding hydrogens is 250 g/mol. The molecule has 1 aliphatic rings. The Morgan fingerprint density at radius 1 is 1.39 bits per heavy atom. The molecule has 1 aliphatic heterocycles. The molecule has 1 aromatic rings. The zero-order valence-corrected chi connectivity index (χ0v) is 11.2. The van der Waals surface area contributed by atoms with Gasteiger partial charge in [0.15, 0.2) is 0 Å². The standard InChI is InChI=1S/C13H18ClN3O/c1-9-2-3-11(8-12(9)14)17-13(18)16-10-4-6-15-7-5-10/h2-3,8,10,15H,4-7H2,1H3,(H2,16,17,18). The number of hydrogen-bond donors (Lipinski definition) is 3. The van der Waals surface area contributed by atoms with Gasteiger partial charge in [0.2, 0.25) is 0 Å². The van der Waals surface area contributed by atoms with E-state index in [1.807, 2.05) is 19.1 Å². The van der Waals surface area contributed by atoms with E-state index in [-0.39, 0.29) is 12.1 Å². The van der Waals surface area contributed by atoms with Gasteiger partial charge in [0, 0.05) is 16.8 Å². The minimum Gasteiger partial charge on any atom is -0.335 e. The first-order valence-electron chi connectivity index (χ1n) is 6.19. The first kappa shape index (κ1) is 13.2. The monoisotopic (exact) mass is 267 g/mol. The topological polar surface area (TPSA) is 53.2 Å². The number of carbonyl (C=O) groups excluding carboxylic acids is 1. The van der Waals surface area contributed by atoms with Crippen molar-refractivity contribution in [3.63, 3.8) is 0 Å². The molecule has 0 bridgehead atoms. The van der Waals surface area contributed by atoms with E-state index in [1.165, 1.54) is 0 Å². The second-order valence-electron chi connectivity index (χ2n) is 4.59. The van der Waals surface area contributed by atoms with Gasteiger partial charge in [0.1, 0.15) is 0 Å². The minimum atomic E-state index is -0.165. The summed E-state index contributed by atoms with van der Waals surface area (Å²) >= 11 is 6.01. The van der Waals surface area contributed by atoms with Crippen LogP contribution < -0.4 is 16.0 Å². The van der Waals surface area contributed by atoms with E-state index < -0.39 is 0 Å². The predicted octanol–water partition coefficient (Wildman–Crippen LogP) is 2.52. The molecule has 0 aromatic heterocycles. The fraction of sp³-hybridized carbons (Fsp3) is 0.462. The van der Waals surface area contributed by atoms with Crippen LogP contribution in [0.5, 0.6) is 0 Å². The van der Waals surface area contributed by atoms with Crippen LogP contribution in [-0.4, -0.2) is 25.2 Å². The van der Waals surface area contributed by atoms with Crippen molar-refractivity contribution in [1.82, 2.24) is 10.6 Å². The van der Waals surface area contributed by atoms with E-state index in [9.17, 15) is 4.79 Å². The summed E-state index contributed by atoms with van der Waals surface area (Å²) in [5, 5.41) is 9.69. The Hall–Kier alpha value is -1.26. The zero-order valence-electron chi connectivity index (χ0n) is 10.4. The third-order valence-electron chi connectivity index (χ3n) is 3.10.